The molecule has 0 amide bonds. The molecule has 0 bridgehead atoms. The Balaban J connectivity index is 1.66. The summed E-state index contributed by atoms with van der Waals surface area (Å²) in [6, 6.07) is 10.6. The number of halogens is 6. The van der Waals surface area contributed by atoms with Crippen LogP contribution in [0.15, 0.2) is 53.6 Å². The van der Waals surface area contributed by atoms with Crippen LogP contribution >= 0.6 is 0 Å². The van der Waals surface area contributed by atoms with Gasteiger partial charge < -0.3 is 9.47 Å². The lowest BCUT2D eigenvalue weighted by Gasteiger charge is -2.44. The zero-order valence-electron chi connectivity index (χ0n) is 19.8. The number of hydrazine groups is 2. The van der Waals surface area contributed by atoms with Gasteiger partial charge in [-0.05, 0) is 43.2 Å². The minimum atomic E-state index is -4.94. The van der Waals surface area contributed by atoms with Crippen LogP contribution in [0.25, 0.3) is 0 Å². The number of nitrogens with zero attached hydrogens (tertiary/aromatic N) is 3. The molecule has 0 saturated carbocycles. The van der Waals surface area contributed by atoms with Crippen LogP contribution in [0, 0.1) is 0 Å². The fraction of sp³-hybridized carbons (Fsp3) is 0.458. The minimum Gasteiger partial charge on any atom is -0.377 e. The Kier molecular flexibility index (Phi) is 7.22. The number of rotatable bonds is 5. The summed E-state index contributed by atoms with van der Waals surface area (Å²) in [5.41, 5.74) is 0.854. The van der Waals surface area contributed by atoms with Crippen molar-refractivity contribution < 1.29 is 35.8 Å². The first kappa shape index (κ1) is 26.2. The fourth-order valence-electron chi connectivity index (χ4n) is 4.49. The van der Waals surface area contributed by atoms with Crippen molar-refractivity contribution >= 4 is 5.84 Å². The van der Waals surface area contributed by atoms with Gasteiger partial charge in [0.05, 0.1) is 42.6 Å². The van der Waals surface area contributed by atoms with E-state index in [2.05, 4.69) is 10.6 Å². The highest BCUT2D eigenvalue weighted by Gasteiger charge is 2.43. The van der Waals surface area contributed by atoms with Crippen LogP contribution in [-0.4, -0.2) is 48.4 Å². The number of amidine groups is 1. The van der Waals surface area contributed by atoms with Crippen LogP contribution in [0.2, 0.25) is 0 Å². The summed E-state index contributed by atoms with van der Waals surface area (Å²) in [4.78, 5) is 0. The normalized spacial score (nSPS) is 24.4. The second-order valence-corrected chi connectivity index (χ2v) is 8.82. The maximum atomic E-state index is 13.4. The lowest BCUT2D eigenvalue weighted by Crippen LogP contribution is -2.58. The van der Waals surface area contributed by atoms with E-state index < -0.39 is 35.7 Å². The first-order valence-electron chi connectivity index (χ1n) is 11.3. The van der Waals surface area contributed by atoms with Crippen LogP contribution in [0.1, 0.15) is 48.1 Å². The minimum absolute atomic E-state index is 0.111. The number of benzene rings is 2. The highest BCUT2D eigenvalue weighted by atomic mass is 19.4. The second kappa shape index (κ2) is 9.91. The van der Waals surface area contributed by atoms with Gasteiger partial charge >= 0.3 is 12.4 Å². The molecule has 196 valence electrons. The number of hydrogen-bond acceptors (Lipinski definition) is 6. The van der Waals surface area contributed by atoms with E-state index in [4.69, 9.17) is 9.47 Å². The van der Waals surface area contributed by atoms with Crippen LogP contribution in [0.4, 0.5) is 26.3 Å². The monoisotopic (exact) mass is 516 g/mol. The van der Waals surface area contributed by atoms with Gasteiger partial charge in [0, 0.05) is 13.0 Å². The summed E-state index contributed by atoms with van der Waals surface area (Å²) in [5, 5.41) is 7.79. The van der Waals surface area contributed by atoms with E-state index in [1.54, 1.807) is 10.1 Å². The average Bonchev–Trinajstić information content (AvgIpc) is 3.16. The highest BCUT2D eigenvalue weighted by Crippen LogP contribution is 2.40. The van der Waals surface area contributed by atoms with Crippen LogP contribution in [0.3, 0.4) is 0 Å². The van der Waals surface area contributed by atoms with Crippen molar-refractivity contribution in [3.8, 4) is 0 Å². The third-order valence-corrected chi connectivity index (χ3v) is 6.45. The average molecular weight is 516 g/mol. The summed E-state index contributed by atoms with van der Waals surface area (Å²) in [5.74, 6) is 0.383. The Labute approximate surface area is 204 Å². The van der Waals surface area contributed by atoms with Gasteiger partial charge in [0.15, 0.2) is 0 Å². The highest BCUT2D eigenvalue weighted by molar-refractivity contribution is 5.79. The first-order chi connectivity index (χ1) is 16.9. The third kappa shape index (κ3) is 5.45. The van der Waals surface area contributed by atoms with Crippen molar-refractivity contribution in [1.82, 2.24) is 15.7 Å². The molecule has 0 aromatic heterocycles. The van der Waals surface area contributed by atoms with Gasteiger partial charge in [-0.15, -0.1) is 10.2 Å². The molecule has 4 rings (SSSR count). The predicted octanol–water partition coefficient (Wildman–Crippen LogP) is 5.35. The maximum absolute atomic E-state index is 13.4. The van der Waals surface area contributed by atoms with Gasteiger partial charge in [0.2, 0.25) is 0 Å². The van der Waals surface area contributed by atoms with Gasteiger partial charge in [0.1, 0.15) is 5.84 Å². The Morgan fingerprint density at radius 3 is 2.14 bits per heavy atom. The standard InChI is InChI=1S/C24H26F6N4O2/c1-14(17-9-18(23(25,26)27)11-19(10-17)24(28,29)30)36-21-13-35-12-20(34-32-31-15(2)33(34)3)22(21)16-7-5-4-6-8-16/h4-11,14,20-22,32H,12-13H2,1-3H3/t14-,20-,21+,22-/m1/s1. The molecule has 0 aliphatic carbocycles. The van der Waals surface area contributed by atoms with E-state index in [1.807, 2.05) is 44.3 Å². The Hall–Kier alpha value is -2.83. The number of ether oxygens (including phenoxy) is 2. The molecule has 2 aliphatic rings. The molecule has 1 N–H and O–H groups in total. The molecule has 2 aromatic rings. The zero-order chi connectivity index (χ0) is 26.3. The molecule has 0 unspecified atom stereocenters. The van der Waals surface area contributed by atoms with E-state index >= 15 is 0 Å². The van der Waals surface area contributed by atoms with Gasteiger partial charge in [-0.3, -0.25) is 5.01 Å². The summed E-state index contributed by atoms with van der Waals surface area (Å²) >= 11 is 0. The van der Waals surface area contributed by atoms with Crippen LogP contribution in [-0.2, 0) is 21.8 Å². The molecule has 2 aliphatic heterocycles. The summed E-state index contributed by atoms with van der Waals surface area (Å²) in [6.07, 6.45) is -11.6. The fourth-order valence-corrected chi connectivity index (χ4v) is 4.49. The van der Waals surface area contributed by atoms with E-state index in [9.17, 15) is 26.3 Å². The van der Waals surface area contributed by atoms with Crippen LogP contribution < -0.4 is 5.53 Å². The Morgan fingerprint density at radius 2 is 1.61 bits per heavy atom. The topological polar surface area (TPSA) is 49.3 Å². The van der Waals surface area contributed by atoms with Gasteiger partial charge in [-0.1, -0.05) is 30.3 Å². The summed E-state index contributed by atoms with van der Waals surface area (Å²) in [6.45, 7) is 3.67. The van der Waals surface area contributed by atoms with Gasteiger partial charge in [0.25, 0.3) is 0 Å². The molecular weight excluding hydrogens is 490 g/mol. The SMILES string of the molecule is CC1=NNN([C@@H]2COC[C@H](O[C@H](C)c3cc(C(F)(F)F)cc(C(F)(F)F)c3)[C@@H]2c2ccccc2)N1C. The number of alkyl halides is 6. The van der Waals surface area contributed by atoms with Crippen molar-refractivity contribution in [2.24, 2.45) is 5.10 Å². The molecule has 36 heavy (non-hydrogen) atoms. The van der Waals surface area contributed by atoms with Crippen molar-refractivity contribution in [2.75, 3.05) is 20.3 Å². The molecule has 0 radical (unpaired) electrons. The van der Waals surface area contributed by atoms with Crippen molar-refractivity contribution in [3.63, 3.8) is 0 Å². The lowest BCUT2D eigenvalue weighted by atomic mass is 9.85. The molecule has 2 heterocycles. The Bertz CT molecular complexity index is 1060. The van der Waals surface area contributed by atoms with Crippen molar-refractivity contribution in [2.45, 2.75) is 50.4 Å². The summed E-state index contributed by atoms with van der Waals surface area (Å²) in [7, 11) is 1.81. The van der Waals surface area contributed by atoms with Crippen molar-refractivity contribution in [1.29, 1.82) is 0 Å². The molecule has 4 atom stereocenters. The number of hydrogen-bond donors (Lipinski definition) is 1. The summed E-state index contributed by atoms with van der Waals surface area (Å²) < 4.78 is 92.2. The predicted molar refractivity (Wildman–Crippen MR) is 119 cm³/mol. The van der Waals surface area contributed by atoms with E-state index in [0.29, 0.717) is 24.6 Å². The lowest BCUT2D eigenvalue weighted by molar-refractivity contribution is -0.152. The Morgan fingerprint density at radius 1 is 1.00 bits per heavy atom. The molecule has 6 nitrogen and oxygen atoms in total. The second-order valence-electron chi connectivity index (χ2n) is 8.82. The van der Waals surface area contributed by atoms with Crippen molar-refractivity contribution in [3.05, 3.63) is 70.8 Å². The number of hydrazone groups is 1. The largest absolute Gasteiger partial charge is 0.416 e. The maximum Gasteiger partial charge on any atom is 0.416 e. The molecule has 2 aromatic carbocycles. The smallest absolute Gasteiger partial charge is 0.377 e. The molecule has 1 saturated heterocycles. The van der Waals surface area contributed by atoms with Gasteiger partial charge in [-0.2, -0.15) is 26.3 Å². The van der Waals surface area contributed by atoms with E-state index in [0.717, 1.165) is 5.56 Å². The van der Waals surface area contributed by atoms with E-state index in [-0.39, 0.29) is 30.2 Å². The molecule has 12 heteroatoms. The van der Waals surface area contributed by atoms with Crippen LogP contribution in [0.5, 0.6) is 0 Å². The third-order valence-electron chi connectivity index (χ3n) is 6.45. The zero-order valence-corrected chi connectivity index (χ0v) is 19.8. The molecular formula is C24H26F6N4O2. The molecule has 0 spiro atoms. The molecule has 1 fully saturated rings. The van der Waals surface area contributed by atoms with Gasteiger partial charge in [-0.25, -0.2) is 5.53 Å². The quantitative estimate of drug-likeness (QED) is 0.543. The van der Waals surface area contributed by atoms with E-state index in [1.165, 1.54) is 6.92 Å². The number of nitrogens with one attached hydrogen (secondary N) is 1. The first-order valence-corrected chi connectivity index (χ1v) is 11.3.